The average Bonchev–Trinajstić information content (AvgIpc) is 2.40. The van der Waals surface area contributed by atoms with Crippen LogP contribution in [0.2, 0.25) is 0 Å². The number of carbonyl (C=O) groups excluding carboxylic acids is 1. The molecule has 4 heteroatoms. The van der Waals surface area contributed by atoms with Crippen molar-refractivity contribution in [1.82, 2.24) is 15.2 Å². The molecule has 2 heterocycles. The number of carbonyl (C=O) groups is 1. The smallest absolute Gasteiger partial charge is 0.220 e. The summed E-state index contributed by atoms with van der Waals surface area (Å²) in [5, 5.41) is 3.12. The van der Waals surface area contributed by atoms with Crippen LogP contribution >= 0.6 is 0 Å². The Kier molecular flexibility index (Phi) is 4.70. The summed E-state index contributed by atoms with van der Waals surface area (Å²) >= 11 is 0. The van der Waals surface area contributed by atoms with Crippen molar-refractivity contribution < 1.29 is 4.79 Å². The van der Waals surface area contributed by atoms with Gasteiger partial charge < -0.3 is 10.2 Å². The van der Waals surface area contributed by atoms with Gasteiger partial charge in [0.1, 0.15) is 0 Å². The predicted molar refractivity (Wildman–Crippen MR) is 71.2 cm³/mol. The van der Waals surface area contributed by atoms with Crippen molar-refractivity contribution in [2.24, 2.45) is 0 Å². The van der Waals surface area contributed by atoms with Crippen molar-refractivity contribution in [3.05, 3.63) is 30.1 Å². The fourth-order valence-corrected chi connectivity index (χ4v) is 2.24. The molecule has 1 aromatic rings. The molecule has 2 rings (SSSR count). The molecule has 1 N–H and O–H groups in total. The molecule has 1 fully saturated rings. The van der Waals surface area contributed by atoms with E-state index in [1.54, 1.807) is 6.20 Å². The van der Waals surface area contributed by atoms with Gasteiger partial charge >= 0.3 is 0 Å². The SMILES string of the molecule is CN1CCC(NC(=O)CCc2ccccn2)CC1. The minimum atomic E-state index is 0.148. The van der Waals surface area contributed by atoms with Crippen molar-refractivity contribution in [1.29, 1.82) is 0 Å². The first-order chi connectivity index (χ1) is 8.74. The highest BCUT2D eigenvalue weighted by Crippen LogP contribution is 2.08. The number of pyridine rings is 1. The Labute approximate surface area is 108 Å². The minimum Gasteiger partial charge on any atom is -0.353 e. The molecule has 0 atom stereocenters. The zero-order chi connectivity index (χ0) is 12.8. The molecular weight excluding hydrogens is 226 g/mol. The van der Waals surface area contributed by atoms with Gasteiger partial charge in [-0.2, -0.15) is 0 Å². The van der Waals surface area contributed by atoms with Gasteiger partial charge in [0.2, 0.25) is 5.91 Å². The number of nitrogens with one attached hydrogen (secondary N) is 1. The first kappa shape index (κ1) is 13.0. The van der Waals surface area contributed by atoms with Crippen molar-refractivity contribution in [2.75, 3.05) is 20.1 Å². The molecule has 1 aliphatic rings. The van der Waals surface area contributed by atoms with Crippen molar-refractivity contribution >= 4 is 5.91 Å². The Morgan fingerprint density at radius 3 is 2.89 bits per heavy atom. The molecule has 1 aromatic heterocycles. The molecule has 18 heavy (non-hydrogen) atoms. The van der Waals surface area contributed by atoms with Crippen LogP contribution in [0.4, 0.5) is 0 Å². The lowest BCUT2D eigenvalue weighted by atomic mass is 10.1. The molecule has 1 amide bonds. The number of likely N-dealkylation sites (tertiary alicyclic amines) is 1. The molecule has 1 aliphatic heterocycles. The van der Waals surface area contributed by atoms with Crippen LogP contribution in [0.1, 0.15) is 25.0 Å². The summed E-state index contributed by atoms with van der Waals surface area (Å²) in [7, 11) is 2.12. The molecule has 0 radical (unpaired) electrons. The van der Waals surface area contributed by atoms with Gasteiger partial charge in [-0.15, -0.1) is 0 Å². The maximum absolute atomic E-state index is 11.8. The third kappa shape index (κ3) is 4.11. The highest BCUT2D eigenvalue weighted by atomic mass is 16.1. The van der Waals surface area contributed by atoms with E-state index in [-0.39, 0.29) is 5.91 Å². The van der Waals surface area contributed by atoms with Crippen LogP contribution in [-0.4, -0.2) is 42.0 Å². The normalized spacial score (nSPS) is 17.6. The average molecular weight is 247 g/mol. The lowest BCUT2D eigenvalue weighted by Gasteiger charge is -2.29. The summed E-state index contributed by atoms with van der Waals surface area (Å²) in [5.41, 5.74) is 0.982. The summed E-state index contributed by atoms with van der Waals surface area (Å²) < 4.78 is 0. The van der Waals surface area contributed by atoms with Gasteiger partial charge in [0.15, 0.2) is 0 Å². The molecule has 98 valence electrons. The quantitative estimate of drug-likeness (QED) is 0.870. The molecule has 0 aliphatic carbocycles. The van der Waals surface area contributed by atoms with Crippen LogP contribution in [0.25, 0.3) is 0 Å². The topological polar surface area (TPSA) is 45.2 Å². The second-order valence-corrected chi connectivity index (χ2v) is 4.97. The van der Waals surface area contributed by atoms with Crippen molar-refractivity contribution in [2.45, 2.75) is 31.7 Å². The molecule has 0 bridgehead atoms. The minimum absolute atomic E-state index is 0.148. The van der Waals surface area contributed by atoms with Crippen LogP contribution in [0, 0.1) is 0 Å². The molecule has 0 unspecified atom stereocenters. The fraction of sp³-hybridized carbons (Fsp3) is 0.571. The Hall–Kier alpha value is -1.42. The second kappa shape index (κ2) is 6.50. The standard InChI is InChI=1S/C14H21N3O/c1-17-10-7-13(8-11-17)16-14(18)6-5-12-4-2-3-9-15-12/h2-4,9,13H,5-8,10-11H2,1H3,(H,16,18). The maximum Gasteiger partial charge on any atom is 0.220 e. The largest absolute Gasteiger partial charge is 0.353 e. The maximum atomic E-state index is 11.8. The monoisotopic (exact) mass is 247 g/mol. The van der Waals surface area contributed by atoms with E-state index in [4.69, 9.17) is 0 Å². The third-order valence-corrected chi connectivity index (χ3v) is 3.42. The number of nitrogens with zero attached hydrogens (tertiary/aromatic N) is 2. The summed E-state index contributed by atoms with van der Waals surface area (Å²) in [4.78, 5) is 18.3. The van der Waals surface area contributed by atoms with E-state index in [2.05, 4.69) is 22.2 Å². The third-order valence-electron chi connectivity index (χ3n) is 3.42. The van der Waals surface area contributed by atoms with Crippen molar-refractivity contribution in [3.8, 4) is 0 Å². The lowest BCUT2D eigenvalue weighted by Crippen LogP contribution is -2.43. The van der Waals surface area contributed by atoms with Gasteiger partial charge in [0.05, 0.1) is 0 Å². The van der Waals surface area contributed by atoms with Gasteiger partial charge in [0, 0.05) is 24.4 Å². The first-order valence-corrected chi connectivity index (χ1v) is 6.62. The van der Waals surface area contributed by atoms with Crippen LogP contribution < -0.4 is 5.32 Å². The number of rotatable bonds is 4. The fourth-order valence-electron chi connectivity index (χ4n) is 2.24. The highest BCUT2D eigenvalue weighted by molar-refractivity contribution is 5.76. The molecule has 0 spiro atoms. The zero-order valence-corrected chi connectivity index (χ0v) is 10.9. The zero-order valence-electron chi connectivity index (χ0n) is 10.9. The van der Waals surface area contributed by atoms with Crippen LogP contribution in [0.5, 0.6) is 0 Å². The van der Waals surface area contributed by atoms with E-state index in [1.807, 2.05) is 18.2 Å². The van der Waals surface area contributed by atoms with Gasteiger partial charge in [-0.25, -0.2) is 0 Å². The van der Waals surface area contributed by atoms with E-state index in [0.29, 0.717) is 12.5 Å². The Morgan fingerprint density at radius 2 is 2.22 bits per heavy atom. The lowest BCUT2D eigenvalue weighted by molar-refractivity contribution is -0.122. The summed E-state index contributed by atoms with van der Waals surface area (Å²) in [5.74, 6) is 0.148. The van der Waals surface area contributed by atoms with Gasteiger partial charge in [-0.05, 0) is 51.5 Å². The van der Waals surface area contributed by atoms with Crippen LogP contribution in [0.3, 0.4) is 0 Å². The number of hydrogen-bond donors (Lipinski definition) is 1. The van der Waals surface area contributed by atoms with Crippen molar-refractivity contribution in [3.63, 3.8) is 0 Å². The number of aryl methyl sites for hydroxylation is 1. The number of hydrogen-bond acceptors (Lipinski definition) is 3. The summed E-state index contributed by atoms with van der Waals surface area (Å²) in [6.45, 7) is 2.15. The summed E-state index contributed by atoms with van der Waals surface area (Å²) in [6, 6.07) is 6.17. The predicted octanol–water partition coefficient (Wildman–Crippen LogP) is 1.22. The Morgan fingerprint density at radius 1 is 1.44 bits per heavy atom. The molecule has 4 nitrogen and oxygen atoms in total. The van der Waals surface area contributed by atoms with E-state index in [1.165, 1.54) is 0 Å². The number of amides is 1. The van der Waals surface area contributed by atoms with Crippen LogP contribution in [-0.2, 0) is 11.2 Å². The molecule has 1 saturated heterocycles. The van der Waals surface area contributed by atoms with E-state index in [0.717, 1.165) is 38.0 Å². The van der Waals surface area contributed by atoms with Gasteiger partial charge in [-0.1, -0.05) is 6.07 Å². The second-order valence-electron chi connectivity index (χ2n) is 4.97. The number of aromatic nitrogens is 1. The number of piperidine rings is 1. The van der Waals surface area contributed by atoms with E-state index in [9.17, 15) is 4.79 Å². The van der Waals surface area contributed by atoms with Gasteiger partial charge in [-0.3, -0.25) is 9.78 Å². The Balaban J connectivity index is 1.69. The molecule has 0 saturated carbocycles. The van der Waals surface area contributed by atoms with E-state index < -0.39 is 0 Å². The first-order valence-electron chi connectivity index (χ1n) is 6.62. The van der Waals surface area contributed by atoms with E-state index >= 15 is 0 Å². The van der Waals surface area contributed by atoms with Gasteiger partial charge in [0.25, 0.3) is 0 Å². The Bertz CT molecular complexity index is 372. The molecular formula is C14H21N3O. The van der Waals surface area contributed by atoms with Crippen LogP contribution in [0.15, 0.2) is 24.4 Å². The summed E-state index contributed by atoms with van der Waals surface area (Å²) in [6.07, 6.45) is 5.14. The molecule has 0 aromatic carbocycles. The highest BCUT2D eigenvalue weighted by Gasteiger charge is 2.18.